The van der Waals surface area contributed by atoms with Gasteiger partial charge in [0.2, 0.25) is 0 Å². The quantitative estimate of drug-likeness (QED) is 0.907. The molecule has 1 saturated heterocycles. The van der Waals surface area contributed by atoms with E-state index in [1.165, 1.54) is 0 Å². The van der Waals surface area contributed by atoms with Gasteiger partial charge in [-0.1, -0.05) is 30.3 Å². The molecule has 6 heteroatoms. The first-order valence-electron chi connectivity index (χ1n) is 9.62. The summed E-state index contributed by atoms with van der Waals surface area (Å²) in [5.74, 6) is 1.39. The molecular formula is C21H25N5O. The number of hydrogen-bond donors (Lipinski definition) is 1. The number of nitrogens with zero attached hydrogens (tertiary/aromatic N) is 4. The van der Waals surface area contributed by atoms with E-state index in [9.17, 15) is 10.1 Å². The zero-order chi connectivity index (χ0) is 18.9. The number of hydrogen-bond acceptors (Lipinski definition) is 3. The van der Waals surface area contributed by atoms with Crippen LogP contribution in [0.1, 0.15) is 43.1 Å². The maximum absolute atomic E-state index is 12.9. The number of likely N-dealkylation sites (tertiary alicyclic amines) is 1. The van der Waals surface area contributed by atoms with Crippen LogP contribution >= 0.6 is 0 Å². The topological polar surface area (TPSA) is 74.0 Å². The van der Waals surface area contributed by atoms with Gasteiger partial charge in [-0.05, 0) is 37.2 Å². The zero-order valence-electron chi connectivity index (χ0n) is 15.6. The number of aryl methyl sites for hydroxylation is 1. The maximum atomic E-state index is 12.9. The van der Waals surface area contributed by atoms with Crippen molar-refractivity contribution >= 4 is 6.03 Å². The largest absolute Gasteiger partial charge is 0.336 e. The summed E-state index contributed by atoms with van der Waals surface area (Å²) in [6.45, 7) is 1.18. The molecule has 1 aromatic heterocycles. The highest BCUT2D eigenvalue weighted by Crippen LogP contribution is 2.41. The molecule has 2 fully saturated rings. The Morgan fingerprint density at radius 3 is 2.56 bits per heavy atom. The van der Waals surface area contributed by atoms with E-state index in [-0.39, 0.29) is 12.1 Å². The Morgan fingerprint density at radius 1 is 1.30 bits per heavy atom. The molecule has 0 radical (unpaired) electrons. The second-order valence-electron chi connectivity index (χ2n) is 7.71. The van der Waals surface area contributed by atoms with Gasteiger partial charge >= 0.3 is 6.03 Å². The molecule has 1 aromatic carbocycles. The van der Waals surface area contributed by atoms with E-state index in [4.69, 9.17) is 0 Å². The molecule has 1 unspecified atom stereocenters. The average Bonchev–Trinajstić information content (AvgIpc) is 3.47. The van der Waals surface area contributed by atoms with Crippen LogP contribution < -0.4 is 5.32 Å². The van der Waals surface area contributed by atoms with Crippen molar-refractivity contribution in [1.29, 1.82) is 5.26 Å². The SMILES string of the molecule is Cn1ccnc1C(NC(=O)N1CCC(C#N)(c2ccccc2)CC1)C1CC1. The van der Waals surface area contributed by atoms with Gasteiger partial charge in [-0.3, -0.25) is 0 Å². The van der Waals surface area contributed by atoms with Crippen LogP contribution in [0.15, 0.2) is 42.7 Å². The van der Waals surface area contributed by atoms with Crippen LogP contribution in [-0.2, 0) is 12.5 Å². The van der Waals surface area contributed by atoms with Crippen molar-refractivity contribution in [2.24, 2.45) is 13.0 Å². The maximum Gasteiger partial charge on any atom is 0.317 e. The molecule has 1 aliphatic carbocycles. The highest BCUT2D eigenvalue weighted by atomic mass is 16.2. The van der Waals surface area contributed by atoms with Gasteiger partial charge in [0.1, 0.15) is 5.82 Å². The number of aromatic nitrogens is 2. The van der Waals surface area contributed by atoms with Crippen LogP contribution in [0.5, 0.6) is 0 Å². The van der Waals surface area contributed by atoms with Gasteiger partial charge in [0, 0.05) is 32.5 Å². The highest BCUT2D eigenvalue weighted by Gasteiger charge is 2.40. The number of nitrogens with one attached hydrogen (secondary N) is 1. The molecule has 6 nitrogen and oxygen atoms in total. The summed E-state index contributed by atoms with van der Waals surface area (Å²) >= 11 is 0. The molecule has 0 bridgehead atoms. The summed E-state index contributed by atoms with van der Waals surface area (Å²) in [7, 11) is 1.96. The third-order valence-electron chi connectivity index (χ3n) is 5.95. The number of carbonyl (C=O) groups is 1. The smallest absolute Gasteiger partial charge is 0.317 e. The average molecular weight is 363 g/mol. The number of imidazole rings is 1. The zero-order valence-corrected chi connectivity index (χ0v) is 15.6. The van der Waals surface area contributed by atoms with Crippen LogP contribution in [0.4, 0.5) is 4.79 Å². The monoisotopic (exact) mass is 363 g/mol. The Labute approximate surface area is 159 Å². The Hall–Kier alpha value is -2.81. The molecule has 2 heterocycles. The fourth-order valence-corrected chi connectivity index (χ4v) is 4.04. The van der Waals surface area contributed by atoms with E-state index < -0.39 is 5.41 Å². The van der Waals surface area contributed by atoms with Crippen molar-refractivity contribution in [3.63, 3.8) is 0 Å². The molecule has 1 N–H and O–H groups in total. The lowest BCUT2D eigenvalue weighted by molar-refractivity contribution is 0.166. The summed E-state index contributed by atoms with van der Waals surface area (Å²) < 4.78 is 1.98. The predicted octanol–water partition coefficient (Wildman–Crippen LogP) is 3.14. The normalized spacial score (nSPS) is 19.9. The van der Waals surface area contributed by atoms with Crippen molar-refractivity contribution in [2.75, 3.05) is 13.1 Å². The lowest BCUT2D eigenvalue weighted by atomic mass is 9.74. The summed E-state index contributed by atoms with van der Waals surface area (Å²) in [4.78, 5) is 19.2. The molecule has 4 rings (SSSR count). The van der Waals surface area contributed by atoms with Crippen molar-refractivity contribution in [3.05, 3.63) is 54.1 Å². The van der Waals surface area contributed by atoms with Crippen molar-refractivity contribution in [3.8, 4) is 6.07 Å². The van der Waals surface area contributed by atoms with Crippen LogP contribution in [-0.4, -0.2) is 33.6 Å². The van der Waals surface area contributed by atoms with Gasteiger partial charge in [-0.2, -0.15) is 5.26 Å². The molecule has 27 heavy (non-hydrogen) atoms. The number of nitriles is 1. The van der Waals surface area contributed by atoms with Gasteiger partial charge < -0.3 is 14.8 Å². The van der Waals surface area contributed by atoms with Crippen molar-refractivity contribution in [1.82, 2.24) is 19.8 Å². The van der Waals surface area contributed by atoms with E-state index in [0.29, 0.717) is 31.8 Å². The molecule has 1 atom stereocenters. The van der Waals surface area contributed by atoms with E-state index in [1.54, 1.807) is 6.20 Å². The number of rotatable bonds is 4. The summed E-state index contributed by atoms with van der Waals surface area (Å²) in [5, 5.41) is 13.0. The van der Waals surface area contributed by atoms with Crippen LogP contribution in [0.3, 0.4) is 0 Å². The Balaban J connectivity index is 1.43. The molecule has 2 aromatic rings. The lowest BCUT2D eigenvalue weighted by Crippen LogP contribution is -2.49. The molecule has 2 amide bonds. The standard InChI is InChI=1S/C21H25N5O/c1-25-14-11-23-19(25)18(16-7-8-16)24-20(27)26-12-9-21(15-22,10-13-26)17-5-3-2-4-6-17/h2-6,11,14,16,18H,7-10,12-13H2,1H3,(H,24,27). The van der Waals surface area contributed by atoms with Crippen LogP contribution in [0.2, 0.25) is 0 Å². The number of amides is 2. The fraction of sp³-hybridized carbons (Fsp3) is 0.476. The minimum atomic E-state index is -0.492. The fourth-order valence-electron chi connectivity index (χ4n) is 4.04. The second kappa shape index (κ2) is 7.07. The van der Waals surface area contributed by atoms with Gasteiger partial charge in [-0.25, -0.2) is 9.78 Å². The van der Waals surface area contributed by atoms with Gasteiger partial charge in [0.05, 0.1) is 17.5 Å². The Kier molecular flexibility index (Phi) is 4.61. The van der Waals surface area contributed by atoms with Gasteiger partial charge in [-0.15, -0.1) is 0 Å². The lowest BCUT2D eigenvalue weighted by Gasteiger charge is -2.38. The van der Waals surface area contributed by atoms with E-state index in [2.05, 4.69) is 16.4 Å². The van der Waals surface area contributed by atoms with Crippen LogP contribution in [0, 0.1) is 17.2 Å². The van der Waals surface area contributed by atoms with E-state index in [1.807, 2.05) is 53.0 Å². The summed E-state index contributed by atoms with van der Waals surface area (Å²) in [6, 6.07) is 12.4. The highest BCUT2D eigenvalue weighted by molar-refractivity contribution is 5.75. The number of piperidine rings is 1. The van der Waals surface area contributed by atoms with E-state index >= 15 is 0 Å². The van der Waals surface area contributed by atoms with Crippen molar-refractivity contribution < 1.29 is 4.79 Å². The number of carbonyl (C=O) groups excluding carboxylic acids is 1. The molecule has 2 aliphatic rings. The number of urea groups is 1. The minimum absolute atomic E-state index is 0.0331. The van der Waals surface area contributed by atoms with Gasteiger partial charge in [0.25, 0.3) is 0 Å². The molecule has 1 saturated carbocycles. The second-order valence-corrected chi connectivity index (χ2v) is 7.71. The van der Waals surface area contributed by atoms with Crippen LogP contribution in [0.25, 0.3) is 0 Å². The molecular weight excluding hydrogens is 338 g/mol. The Morgan fingerprint density at radius 2 is 2.00 bits per heavy atom. The first-order valence-corrected chi connectivity index (χ1v) is 9.62. The van der Waals surface area contributed by atoms with Crippen molar-refractivity contribution in [2.45, 2.75) is 37.1 Å². The summed E-state index contributed by atoms with van der Waals surface area (Å²) in [6.07, 6.45) is 7.28. The van der Waals surface area contributed by atoms with E-state index in [0.717, 1.165) is 24.2 Å². The third-order valence-corrected chi connectivity index (χ3v) is 5.95. The Bertz CT molecular complexity index is 841. The minimum Gasteiger partial charge on any atom is -0.336 e. The number of benzene rings is 1. The molecule has 1 aliphatic heterocycles. The predicted molar refractivity (Wildman–Crippen MR) is 102 cm³/mol. The van der Waals surface area contributed by atoms with Gasteiger partial charge in [0.15, 0.2) is 0 Å². The molecule has 140 valence electrons. The first-order chi connectivity index (χ1) is 13.1. The summed E-state index contributed by atoms with van der Waals surface area (Å²) in [5.41, 5.74) is 0.560. The first kappa shape index (κ1) is 17.6. The third kappa shape index (κ3) is 3.42. The molecule has 0 spiro atoms.